The van der Waals surface area contributed by atoms with Crippen LogP contribution in [-0.2, 0) is 17.6 Å². The molecule has 0 radical (unpaired) electrons. The van der Waals surface area contributed by atoms with E-state index in [2.05, 4.69) is 43.0 Å². The third kappa shape index (κ3) is 7.04. The summed E-state index contributed by atoms with van der Waals surface area (Å²) in [6.07, 6.45) is 2.97. The minimum atomic E-state index is 0.216. The minimum Gasteiger partial charge on any atom is -0.396 e. The lowest BCUT2D eigenvalue weighted by molar-refractivity contribution is 0.0609. The molecule has 3 nitrogen and oxygen atoms in total. The molecule has 0 bridgehead atoms. The largest absolute Gasteiger partial charge is 0.396 e. The zero-order valence-corrected chi connectivity index (χ0v) is 13.1. The van der Waals surface area contributed by atoms with Crippen molar-refractivity contribution < 1.29 is 9.84 Å². The Bertz CT molecular complexity index is 366. The van der Waals surface area contributed by atoms with Gasteiger partial charge in [0.05, 0.1) is 6.73 Å². The Labute approximate surface area is 123 Å². The summed E-state index contributed by atoms with van der Waals surface area (Å²) in [7, 11) is 1.75. The van der Waals surface area contributed by atoms with Crippen LogP contribution in [0.5, 0.6) is 0 Å². The van der Waals surface area contributed by atoms with E-state index in [1.807, 2.05) is 0 Å². The second-order valence-corrected chi connectivity index (χ2v) is 5.76. The fourth-order valence-corrected chi connectivity index (χ4v) is 2.22. The maximum atomic E-state index is 9.00. The lowest BCUT2D eigenvalue weighted by Crippen LogP contribution is -2.30. The molecule has 3 heteroatoms. The molecule has 0 aromatic heterocycles. The van der Waals surface area contributed by atoms with Crippen LogP contribution < -0.4 is 0 Å². The van der Waals surface area contributed by atoms with Crippen LogP contribution in [0.1, 0.15) is 31.4 Å². The van der Waals surface area contributed by atoms with Crippen LogP contribution in [0.25, 0.3) is 0 Å². The van der Waals surface area contributed by atoms with Gasteiger partial charge in [0.25, 0.3) is 0 Å². The van der Waals surface area contributed by atoms with Crippen molar-refractivity contribution in [3.63, 3.8) is 0 Å². The maximum absolute atomic E-state index is 9.00. The van der Waals surface area contributed by atoms with Gasteiger partial charge in [-0.25, -0.2) is 0 Å². The summed E-state index contributed by atoms with van der Waals surface area (Å²) in [5, 5.41) is 9.00. The fourth-order valence-electron chi connectivity index (χ4n) is 2.22. The number of rotatable bonds is 10. The van der Waals surface area contributed by atoms with E-state index in [9.17, 15) is 0 Å². The van der Waals surface area contributed by atoms with Crippen molar-refractivity contribution in [1.82, 2.24) is 4.90 Å². The third-order valence-corrected chi connectivity index (χ3v) is 3.44. The van der Waals surface area contributed by atoms with Crippen molar-refractivity contribution in [3.8, 4) is 0 Å². The molecule has 0 aliphatic heterocycles. The van der Waals surface area contributed by atoms with E-state index in [0.717, 1.165) is 31.8 Å². The number of aliphatic hydroxyl groups excluding tert-OH is 1. The van der Waals surface area contributed by atoms with Gasteiger partial charge in [-0.05, 0) is 36.3 Å². The molecule has 0 aliphatic carbocycles. The molecule has 0 saturated carbocycles. The number of hydrogen-bond donors (Lipinski definition) is 1. The highest BCUT2D eigenvalue weighted by atomic mass is 16.5. The topological polar surface area (TPSA) is 32.7 Å². The molecule has 114 valence electrons. The quantitative estimate of drug-likeness (QED) is 0.668. The highest BCUT2D eigenvalue weighted by molar-refractivity contribution is 5.23. The van der Waals surface area contributed by atoms with Gasteiger partial charge >= 0.3 is 0 Å². The van der Waals surface area contributed by atoms with Gasteiger partial charge in [0.1, 0.15) is 0 Å². The third-order valence-electron chi connectivity index (χ3n) is 3.44. The van der Waals surface area contributed by atoms with Crippen molar-refractivity contribution in [2.45, 2.75) is 33.1 Å². The van der Waals surface area contributed by atoms with Crippen LogP contribution in [0.2, 0.25) is 0 Å². The standard InChI is InChI=1S/C17H29NO2/c1-15(2)7-10-18(14-20-3)11-8-16-5-4-6-17(13-16)9-12-19/h4-6,13,15,19H,7-12,14H2,1-3H3. The zero-order valence-electron chi connectivity index (χ0n) is 13.1. The van der Waals surface area contributed by atoms with Crippen LogP contribution in [0.3, 0.4) is 0 Å². The molecule has 0 atom stereocenters. The first-order valence-electron chi connectivity index (χ1n) is 7.55. The van der Waals surface area contributed by atoms with Gasteiger partial charge in [-0.3, -0.25) is 4.90 Å². The molecule has 0 amide bonds. The predicted molar refractivity (Wildman–Crippen MR) is 83.8 cm³/mol. The van der Waals surface area contributed by atoms with Crippen molar-refractivity contribution in [3.05, 3.63) is 35.4 Å². The average Bonchev–Trinajstić information content (AvgIpc) is 2.42. The van der Waals surface area contributed by atoms with E-state index in [0.29, 0.717) is 6.73 Å². The number of nitrogens with zero attached hydrogens (tertiary/aromatic N) is 1. The summed E-state index contributed by atoms with van der Waals surface area (Å²) in [5.74, 6) is 0.724. The van der Waals surface area contributed by atoms with Crippen molar-refractivity contribution in [1.29, 1.82) is 0 Å². The molecule has 1 N–H and O–H groups in total. The van der Waals surface area contributed by atoms with Crippen molar-refractivity contribution in [2.75, 3.05) is 33.5 Å². The summed E-state index contributed by atoms with van der Waals surface area (Å²) >= 11 is 0. The maximum Gasteiger partial charge on any atom is 0.0986 e. The smallest absolute Gasteiger partial charge is 0.0986 e. The Morgan fingerprint density at radius 2 is 1.85 bits per heavy atom. The number of ether oxygens (including phenoxy) is 1. The lowest BCUT2D eigenvalue weighted by Gasteiger charge is -2.22. The van der Waals surface area contributed by atoms with E-state index < -0.39 is 0 Å². The first-order valence-corrected chi connectivity index (χ1v) is 7.55. The van der Waals surface area contributed by atoms with Crippen molar-refractivity contribution in [2.24, 2.45) is 5.92 Å². The Morgan fingerprint density at radius 3 is 2.45 bits per heavy atom. The van der Waals surface area contributed by atoms with Gasteiger partial charge in [0.2, 0.25) is 0 Å². The van der Waals surface area contributed by atoms with Crippen LogP contribution >= 0.6 is 0 Å². The number of aliphatic hydroxyl groups is 1. The summed E-state index contributed by atoms with van der Waals surface area (Å²) in [6.45, 7) is 7.52. The SMILES string of the molecule is COCN(CCc1cccc(CCO)c1)CCC(C)C. The van der Waals surface area contributed by atoms with Crippen LogP contribution in [0.15, 0.2) is 24.3 Å². The molecular weight excluding hydrogens is 250 g/mol. The highest BCUT2D eigenvalue weighted by Crippen LogP contribution is 2.09. The van der Waals surface area contributed by atoms with Crippen LogP contribution in [0.4, 0.5) is 0 Å². The Kier molecular flexibility index (Phi) is 8.51. The van der Waals surface area contributed by atoms with Gasteiger partial charge in [-0.1, -0.05) is 38.1 Å². The average molecular weight is 279 g/mol. The Morgan fingerprint density at radius 1 is 1.15 bits per heavy atom. The summed E-state index contributed by atoms with van der Waals surface area (Å²) in [5.41, 5.74) is 2.55. The van der Waals surface area contributed by atoms with E-state index >= 15 is 0 Å². The molecule has 20 heavy (non-hydrogen) atoms. The molecule has 0 saturated heterocycles. The zero-order chi connectivity index (χ0) is 14.8. The molecular formula is C17H29NO2. The summed E-state index contributed by atoms with van der Waals surface area (Å²) in [6, 6.07) is 8.51. The second-order valence-electron chi connectivity index (χ2n) is 5.76. The molecule has 0 spiro atoms. The van der Waals surface area contributed by atoms with Gasteiger partial charge in [-0.2, -0.15) is 0 Å². The van der Waals surface area contributed by atoms with Gasteiger partial charge in [-0.15, -0.1) is 0 Å². The fraction of sp³-hybridized carbons (Fsp3) is 0.647. The summed E-state index contributed by atoms with van der Waals surface area (Å²) < 4.78 is 5.28. The first-order chi connectivity index (χ1) is 9.65. The van der Waals surface area contributed by atoms with Gasteiger partial charge in [0, 0.05) is 26.8 Å². The number of hydrogen-bond acceptors (Lipinski definition) is 3. The summed E-state index contributed by atoms with van der Waals surface area (Å²) in [4.78, 5) is 2.36. The lowest BCUT2D eigenvalue weighted by atomic mass is 10.1. The molecule has 0 fully saturated rings. The van der Waals surface area contributed by atoms with E-state index in [1.165, 1.54) is 17.5 Å². The predicted octanol–water partition coefficient (Wildman–Crippen LogP) is 2.72. The van der Waals surface area contributed by atoms with Gasteiger partial charge in [0.15, 0.2) is 0 Å². The van der Waals surface area contributed by atoms with Gasteiger partial charge < -0.3 is 9.84 Å². The van der Waals surface area contributed by atoms with E-state index in [-0.39, 0.29) is 6.61 Å². The van der Waals surface area contributed by atoms with E-state index in [1.54, 1.807) is 7.11 Å². The van der Waals surface area contributed by atoms with Crippen LogP contribution in [0, 0.1) is 5.92 Å². The normalized spacial score (nSPS) is 11.5. The number of benzene rings is 1. The molecule has 1 aromatic carbocycles. The molecule has 0 unspecified atom stereocenters. The first kappa shape index (κ1) is 17.2. The molecule has 0 heterocycles. The monoisotopic (exact) mass is 279 g/mol. The van der Waals surface area contributed by atoms with E-state index in [4.69, 9.17) is 9.84 Å². The van der Waals surface area contributed by atoms with Crippen molar-refractivity contribution >= 4 is 0 Å². The molecule has 1 aromatic rings. The second kappa shape index (κ2) is 9.92. The highest BCUT2D eigenvalue weighted by Gasteiger charge is 2.06. The number of methoxy groups -OCH3 is 1. The molecule has 0 aliphatic rings. The Hall–Kier alpha value is -0.900. The minimum absolute atomic E-state index is 0.216. The Balaban J connectivity index is 2.46. The molecule has 1 rings (SSSR count). The van der Waals surface area contributed by atoms with Crippen LogP contribution in [-0.4, -0.2) is 43.5 Å².